The summed E-state index contributed by atoms with van der Waals surface area (Å²) in [7, 11) is 3.16. The number of hydrogen-bond donors (Lipinski definition) is 1. The van der Waals surface area contributed by atoms with Crippen molar-refractivity contribution in [2.75, 3.05) is 40.6 Å². The molecule has 0 fully saturated rings. The zero-order chi connectivity index (χ0) is 17.8. The van der Waals surface area contributed by atoms with Crippen LogP contribution in [0, 0.1) is 0 Å². The van der Waals surface area contributed by atoms with Gasteiger partial charge < -0.3 is 20.1 Å². The summed E-state index contributed by atoms with van der Waals surface area (Å²) < 4.78 is 23.2. The molecular formula is C17H29FN2O3. The van der Waals surface area contributed by atoms with Gasteiger partial charge in [-0.15, -0.1) is 0 Å². The molecule has 0 heterocycles. The second-order valence-corrected chi connectivity index (χ2v) is 5.05. The van der Waals surface area contributed by atoms with Gasteiger partial charge in [-0.1, -0.05) is 18.7 Å². The number of ether oxygens (including phenoxy) is 2. The van der Waals surface area contributed by atoms with Crippen molar-refractivity contribution in [3.8, 4) is 0 Å². The number of halogens is 1. The van der Waals surface area contributed by atoms with E-state index in [-0.39, 0.29) is 5.91 Å². The Bertz CT molecular complexity index is 436. The molecule has 0 aromatic rings. The van der Waals surface area contributed by atoms with Crippen LogP contribution in [0.15, 0.2) is 36.0 Å². The fourth-order valence-corrected chi connectivity index (χ4v) is 1.95. The third-order valence-corrected chi connectivity index (χ3v) is 3.36. The van der Waals surface area contributed by atoms with Crippen molar-refractivity contribution in [3.05, 3.63) is 36.0 Å². The number of nitrogens with zero attached hydrogens (tertiary/aromatic N) is 1. The van der Waals surface area contributed by atoms with E-state index in [0.717, 1.165) is 0 Å². The molecule has 5 nitrogen and oxygen atoms in total. The highest BCUT2D eigenvalue weighted by atomic mass is 19.1. The van der Waals surface area contributed by atoms with E-state index >= 15 is 0 Å². The van der Waals surface area contributed by atoms with E-state index in [1.54, 1.807) is 37.1 Å². The van der Waals surface area contributed by atoms with Crippen LogP contribution in [-0.4, -0.2) is 63.5 Å². The van der Waals surface area contributed by atoms with Crippen molar-refractivity contribution in [2.45, 2.75) is 26.0 Å². The second kappa shape index (κ2) is 12.0. The van der Waals surface area contributed by atoms with Crippen molar-refractivity contribution in [1.29, 1.82) is 0 Å². The number of carbonyl (C=O) groups is 1. The minimum atomic E-state index is -0.756. The van der Waals surface area contributed by atoms with E-state index < -0.39 is 18.8 Å². The molecule has 0 radical (unpaired) electrons. The Kier molecular flexibility index (Phi) is 11.2. The fraction of sp³-hybridized carbons (Fsp3) is 0.588. The van der Waals surface area contributed by atoms with E-state index in [4.69, 9.17) is 15.2 Å². The van der Waals surface area contributed by atoms with Crippen LogP contribution in [0.25, 0.3) is 0 Å². The molecule has 0 bridgehead atoms. The molecule has 0 saturated carbocycles. The number of methoxy groups -OCH3 is 1. The Morgan fingerprint density at radius 1 is 1.43 bits per heavy atom. The molecule has 0 aromatic heterocycles. The van der Waals surface area contributed by atoms with Crippen molar-refractivity contribution in [1.82, 2.24) is 4.90 Å². The Balaban J connectivity index is 4.78. The lowest BCUT2D eigenvalue weighted by Crippen LogP contribution is -2.39. The lowest BCUT2D eigenvalue weighted by atomic mass is 10.0. The molecule has 132 valence electrons. The van der Waals surface area contributed by atoms with Gasteiger partial charge in [0.15, 0.2) is 0 Å². The summed E-state index contributed by atoms with van der Waals surface area (Å²) in [5.74, 6) is -0.194. The molecule has 1 amide bonds. The highest BCUT2D eigenvalue weighted by Crippen LogP contribution is 2.13. The highest BCUT2D eigenvalue weighted by molar-refractivity contribution is 5.95. The standard InChI is InChI=1S/C17H29FN2O3/c1-6-14(16(22-5)15(19)12-18)9-8-13(3)17(21)20(4)10-11-23-7-2/h6,8-9,15-16H,3,7,10-12,19H2,1-2,4-5H3/b9-8-,14-6+. The summed E-state index contributed by atoms with van der Waals surface area (Å²) in [4.78, 5) is 13.7. The molecule has 2 atom stereocenters. The minimum Gasteiger partial charge on any atom is -0.380 e. The Labute approximate surface area is 138 Å². The van der Waals surface area contributed by atoms with Crippen molar-refractivity contribution in [3.63, 3.8) is 0 Å². The van der Waals surface area contributed by atoms with Crippen LogP contribution in [-0.2, 0) is 14.3 Å². The summed E-state index contributed by atoms with van der Waals surface area (Å²) >= 11 is 0. The number of allylic oxidation sites excluding steroid dienone is 1. The number of alkyl halides is 1. The molecule has 2 unspecified atom stereocenters. The first kappa shape index (κ1) is 21.5. The Morgan fingerprint density at radius 3 is 2.57 bits per heavy atom. The first-order chi connectivity index (χ1) is 10.9. The van der Waals surface area contributed by atoms with E-state index in [1.165, 1.54) is 7.11 Å². The van der Waals surface area contributed by atoms with Crippen LogP contribution in [0.1, 0.15) is 13.8 Å². The van der Waals surface area contributed by atoms with Crippen LogP contribution in [0.3, 0.4) is 0 Å². The first-order valence-corrected chi connectivity index (χ1v) is 7.63. The number of likely N-dealkylation sites (N-methyl/N-ethyl adjacent to an activating group) is 1. The van der Waals surface area contributed by atoms with E-state index in [9.17, 15) is 9.18 Å². The van der Waals surface area contributed by atoms with E-state index in [0.29, 0.717) is 30.9 Å². The number of carbonyl (C=O) groups excluding carboxylic acids is 1. The minimum absolute atomic E-state index is 0.194. The van der Waals surface area contributed by atoms with Gasteiger partial charge in [0.25, 0.3) is 5.91 Å². The topological polar surface area (TPSA) is 64.8 Å². The van der Waals surface area contributed by atoms with Gasteiger partial charge >= 0.3 is 0 Å². The third-order valence-electron chi connectivity index (χ3n) is 3.36. The Hall–Kier alpha value is -1.50. The van der Waals surface area contributed by atoms with Crippen molar-refractivity contribution < 1.29 is 18.7 Å². The Morgan fingerprint density at radius 2 is 2.09 bits per heavy atom. The average Bonchev–Trinajstić information content (AvgIpc) is 2.56. The molecule has 0 rings (SSSR count). The smallest absolute Gasteiger partial charge is 0.253 e. The van der Waals surface area contributed by atoms with Crippen molar-refractivity contribution in [2.24, 2.45) is 5.73 Å². The van der Waals surface area contributed by atoms with Gasteiger partial charge in [-0.25, -0.2) is 4.39 Å². The molecule has 0 aromatic carbocycles. The summed E-state index contributed by atoms with van der Waals surface area (Å²) in [6.07, 6.45) is 4.47. The van der Waals surface area contributed by atoms with Crippen LogP contribution >= 0.6 is 0 Å². The molecule has 0 aliphatic heterocycles. The maximum Gasteiger partial charge on any atom is 0.253 e. The second-order valence-electron chi connectivity index (χ2n) is 5.05. The lowest BCUT2D eigenvalue weighted by molar-refractivity contribution is -0.126. The molecule has 0 aliphatic rings. The quantitative estimate of drug-likeness (QED) is 0.357. The summed E-state index contributed by atoms with van der Waals surface area (Å²) in [5, 5.41) is 0. The van der Waals surface area contributed by atoms with Crippen molar-refractivity contribution >= 4 is 5.91 Å². The van der Waals surface area contributed by atoms with Crippen LogP contribution in [0.4, 0.5) is 4.39 Å². The van der Waals surface area contributed by atoms with Gasteiger partial charge in [-0.2, -0.15) is 0 Å². The van der Waals surface area contributed by atoms with Gasteiger partial charge in [-0.3, -0.25) is 4.79 Å². The predicted molar refractivity (Wildman–Crippen MR) is 90.9 cm³/mol. The molecule has 0 saturated heterocycles. The summed E-state index contributed by atoms with van der Waals surface area (Å²) in [5.41, 5.74) is 6.72. The van der Waals surface area contributed by atoms with Crippen LogP contribution < -0.4 is 5.73 Å². The zero-order valence-electron chi connectivity index (χ0n) is 14.5. The molecule has 0 spiro atoms. The maximum atomic E-state index is 12.8. The van der Waals surface area contributed by atoms with Gasteiger partial charge in [0.2, 0.25) is 0 Å². The molecule has 0 aliphatic carbocycles. The van der Waals surface area contributed by atoms with Crippen LogP contribution in [0.5, 0.6) is 0 Å². The van der Waals surface area contributed by atoms with Crippen LogP contribution in [0.2, 0.25) is 0 Å². The monoisotopic (exact) mass is 328 g/mol. The normalized spacial score (nSPS) is 14.8. The van der Waals surface area contributed by atoms with E-state index in [2.05, 4.69) is 6.58 Å². The molecule has 6 heteroatoms. The average molecular weight is 328 g/mol. The highest BCUT2D eigenvalue weighted by Gasteiger charge is 2.20. The largest absolute Gasteiger partial charge is 0.380 e. The maximum absolute atomic E-state index is 12.8. The summed E-state index contributed by atoms with van der Waals surface area (Å²) in [6.45, 7) is 8.36. The predicted octanol–water partition coefficient (Wildman–Crippen LogP) is 1.85. The lowest BCUT2D eigenvalue weighted by Gasteiger charge is -2.21. The van der Waals surface area contributed by atoms with Gasteiger partial charge in [0, 0.05) is 32.9 Å². The van der Waals surface area contributed by atoms with Gasteiger partial charge in [-0.05, 0) is 25.5 Å². The zero-order valence-corrected chi connectivity index (χ0v) is 14.5. The third kappa shape index (κ3) is 7.54. The number of amides is 1. The fourth-order valence-electron chi connectivity index (χ4n) is 1.95. The number of rotatable bonds is 11. The summed E-state index contributed by atoms with van der Waals surface area (Å²) in [6, 6.07) is -0.756. The first-order valence-electron chi connectivity index (χ1n) is 7.63. The number of hydrogen-bond acceptors (Lipinski definition) is 4. The molecule has 2 N–H and O–H groups in total. The van der Waals surface area contributed by atoms with E-state index in [1.807, 2.05) is 6.92 Å². The molecule has 23 heavy (non-hydrogen) atoms. The SMILES string of the molecule is C=C(/C=C\C(=C/C)C(OC)C(N)CF)C(=O)N(C)CCOCC. The number of nitrogens with two attached hydrogens (primary N) is 1. The van der Waals surface area contributed by atoms with Gasteiger partial charge in [0.1, 0.15) is 6.67 Å². The molecular weight excluding hydrogens is 299 g/mol. The van der Waals surface area contributed by atoms with Gasteiger partial charge in [0.05, 0.1) is 18.8 Å².